The lowest BCUT2D eigenvalue weighted by Crippen LogP contribution is -2.52. The van der Waals surface area contributed by atoms with Crippen molar-refractivity contribution in [2.75, 3.05) is 33.3 Å². The fourth-order valence-electron chi connectivity index (χ4n) is 4.17. The van der Waals surface area contributed by atoms with Gasteiger partial charge in [0.25, 0.3) is 5.91 Å². The van der Waals surface area contributed by atoms with Crippen LogP contribution < -0.4 is 0 Å². The first kappa shape index (κ1) is 17.7. The van der Waals surface area contributed by atoms with Crippen LogP contribution in [-0.4, -0.2) is 61.0 Å². The number of nitrogens with zero attached hydrogens (tertiary/aromatic N) is 2. The molecule has 2 fully saturated rings. The number of carbonyl (C=O) groups is 2. The van der Waals surface area contributed by atoms with E-state index in [0.717, 1.165) is 30.8 Å². The van der Waals surface area contributed by atoms with Gasteiger partial charge in [-0.05, 0) is 48.7 Å². The van der Waals surface area contributed by atoms with Gasteiger partial charge in [-0.25, -0.2) is 4.79 Å². The van der Waals surface area contributed by atoms with Gasteiger partial charge < -0.3 is 9.64 Å². The van der Waals surface area contributed by atoms with Gasteiger partial charge in [0.05, 0.1) is 12.7 Å². The summed E-state index contributed by atoms with van der Waals surface area (Å²) in [6.45, 7) is 3.76. The summed E-state index contributed by atoms with van der Waals surface area (Å²) < 4.78 is 4.87. The molecule has 5 nitrogen and oxygen atoms in total. The maximum absolute atomic E-state index is 12.9. The summed E-state index contributed by atoms with van der Waals surface area (Å²) in [4.78, 5) is 29.4. The number of hydrogen-bond acceptors (Lipinski definition) is 4. The molecule has 0 aromatic heterocycles. The van der Waals surface area contributed by atoms with Crippen LogP contribution in [0.15, 0.2) is 48.5 Å². The molecule has 2 aliphatic heterocycles. The molecule has 5 heteroatoms. The molecule has 2 saturated heterocycles. The SMILES string of the molecule is COC(=O)c1ccccc1-c1ccc(C(=O)N2CCN3CCC[C@@H]3C2)cc1. The molecule has 27 heavy (non-hydrogen) atoms. The molecule has 2 heterocycles. The standard InChI is InChI=1S/C22H24N2O3/c1-27-22(26)20-7-3-2-6-19(20)16-8-10-17(11-9-16)21(25)24-14-13-23-12-4-5-18(23)15-24/h2-3,6-11,18H,4-5,12-15H2,1H3/t18-/m1/s1. The smallest absolute Gasteiger partial charge is 0.338 e. The van der Waals surface area contributed by atoms with E-state index >= 15 is 0 Å². The highest BCUT2D eigenvalue weighted by Gasteiger charge is 2.32. The van der Waals surface area contributed by atoms with Crippen LogP contribution in [0.25, 0.3) is 11.1 Å². The van der Waals surface area contributed by atoms with Crippen LogP contribution in [0.1, 0.15) is 33.6 Å². The van der Waals surface area contributed by atoms with E-state index < -0.39 is 0 Å². The molecule has 0 radical (unpaired) electrons. The lowest BCUT2D eigenvalue weighted by atomic mass is 9.98. The minimum atomic E-state index is -0.361. The molecular formula is C22H24N2O3. The van der Waals surface area contributed by atoms with E-state index in [1.54, 1.807) is 6.07 Å². The van der Waals surface area contributed by atoms with Crippen molar-refractivity contribution in [1.29, 1.82) is 0 Å². The third-order valence-corrected chi connectivity index (χ3v) is 5.65. The van der Waals surface area contributed by atoms with Crippen molar-refractivity contribution in [2.45, 2.75) is 18.9 Å². The van der Waals surface area contributed by atoms with Crippen molar-refractivity contribution >= 4 is 11.9 Å². The molecule has 0 aliphatic carbocycles. The van der Waals surface area contributed by atoms with E-state index in [4.69, 9.17) is 4.74 Å². The summed E-state index contributed by atoms with van der Waals surface area (Å²) in [5.41, 5.74) is 2.92. The zero-order chi connectivity index (χ0) is 18.8. The predicted molar refractivity (Wildman–Crippen MR) is 104 cm³/mol. The fourth-order valence-corrected chi connectivity index (χ4v) is 4.17. The number of carbonyl (C=O) groups excluding carboxylic acids is 2. The van der Waals surface area contributed by atoms with E-state index in [1.165, 1.54) is 26.5 Å². The van der Waals surface area contributed by atoms with Crippen LogP contribution in [-0.2, 0) is 4.74 Å². The molecule has 0 spiro atoms. The Labute approximate surface area is 159 Å². The Morgan fingerprint density at radius 3 is 2.56 bits per heavy atom. The third-order valence-electron chi connectivity index (χ3n) is 5.65. The molecule has 1 amide bonds. The van der Waals surface area contributed by atoms with Crippen molar-refractivity contribution < 1.29 is 14.3 Å². The number of ether oxygens (including phenoxy) is 1. The Kier molecular flexibility index (Phi) is 4.94. The molecule has 2 aliphatic rings. The van der Waals surface area contributed by atoms with Crippen LogP contribution in [0.3, 0.4) is 0 Å². The van der Waals surface area contributed by atoms with Crippen molar-refractivity contribution in [3.05, 3.63) is 59.7 Å². The Hall–Kier alpha value is -2.66. The number of esters is 1. The van der Waals surface area contributed by atoms with Crippen LogP contribution in [0.2, 0.25) is 0 Å². The highest BCUT2D eigenvalue weighted by Crippen LogP contribution is 2.26. The normalized spacial score (nSPS) is 19.6. The molecule has 0 saturated carbocycles. The summed E-state index contributed by atoms with van der Waals surface area (Å²) >= 11 is 0. The van der Waals surface area contributed by atoms with Gasteiger partial charge in [-0.15, -0.1) is 0 Å². The number of fused-ring (bicyclic) bond motifs is 1. The summed E-state index contributed by atoms with van der Waals surface area (Å²) in [5.74, 6) is -0.269. The first-order valence-electron chi connectivity index (χ1n) is 9.48. The summed E-state index contributed by atoms with van der Waals surface area (Å²) in [5, 5.41) is 0. The van der Waals surface area contributed by atoms with Crippen LogP contribution in [0.4, 0.5) is 0 Å². The van der Waals surface area contributed by atoms with Crippen molar-refractivity contribution in [2.24, 2.45) is 0 Å². The first-order chi connectivity index (χ1) is 13.2. The number of piperazine rings is 1. The molecule has 140 valence electrons. The lowest BCUT2D eigenvalue weighted by Gasteiger charge is -2.37. The monoisotopic (exact) mass is 364 g/mol. The van der Waals surface area contributed by atoms with Gasteiger partial charge in [0.2, 0.25) is 0 Å². The minimum absolute atomic E-state index is 0.0920. The van der Waals surface area contributed by atoms with E-state index in [0.29, 0.717) is 17.2 Å². The molecule has 2 aromatic rings. The maximum atomic E-state index is 12.9. The van der Waals surface area contributed by atoms with E-state index in [9.17, 15) is 9.59 Å². The zero-order valence-electron chi connectivity index (χ0n) is 15.6. The van der Waals surface area contributed by atoms with Crippen molar-refractivity contribution in [1.82, 2.24) is 9.80 Å². The second-order valence-corrected chi connectivity index (χ2v) is 7.20. The van der Waals surface area contributed by atoms with Gasteiger partial charge in [0.15, 0.2) is 0 Å². The summed E-state index contributed by atoms with van der Waals surface area (Å²) in [6, 6.07) is 15.4. The van der Waals surface area contributed by atoms with Crippen LogP contribution in [0, 0.1) is 0 Å². The van der Waals surface area contributed by atoms with Gasteiger partial charge in [-0.2, -0.15) is 0 Å². The second kappa shape index (κ2) is 7.53. The van der Waals surface area contributed by atoms with E-state index in [2.05, 4.69) is 4.90 Å². The third kappa shape index (κ3) is 3.47. The molecule has 2 aromatic carbocycles. The summed E-state index contributed by atoms with van der Waals surface area (Å²) in [6.07, 6.45) is 2.42. The van der Waals surface area contributed by atoms with E-state index in [-0.39, 0.29) is 11.9 Å². The second-order valence-electron chi connectivity index (χ2n) is 7.20. The molecule has 0 bridgehead atoms. The zero-order valence-corrected chi connectivity index (χ0v) is 15.6. The summed E-state index contributed by atoms with van der Waals surface area (Å²) in [7, 11) is 1.38. The molecular weight excluding hydrogens is 340 g/mol. The minimum Gasteiger partial charge on any atom is -0.465 e. The quantitative estimate of drug-likeness (QED) is 0.786. The van der Waals surface area contributed by atoms with Crippen LogP contribution >= 0.6 is 0 Å². The van der Waals surface area contributed by atoms with Crippen LogP contribution in [0.5, 0.6) is 0 Å². The molecule has 0 unspecified atom stereocenters. The Balaban J connectivity index is 1.53. The van der Waals surface area contributed by atoms with Gasteiger partial charge in [-0.1, -0.05) is 30.3 Å². The number of rotatable bonds is 3. The fraction of sp³-hybridized carbons (Fsp3) is 0.364. The molecule has 4 rings (SSSR count). The van der Waals surface area contributed by atoms with Gasteiger partial charge in [-0.3, -0.25) is 9.69 Å². The van der Waals surface area contributed by atoms with E-state index in [1.807, 2.05) is 47.4 Å². The number of methoxy groups -OCH3 is 1. The lowest BCUT2D eigenvalue weighted by molar-refractivity contribution is 0.0569. The maximum Gasteiger partial charge on any atom is 0.338 e. The van der Waals surface area contributed by atoms with Crippen molar-refractivity contribution in [3.8, 4) is 11.1 Å². The number of benzene rings is 2. The average molecular weight is 364 g/mol. The van der Waals surface area contributed by atoms with Gasteiger partial charge >= 0.3 is 5.97 Å². The first-order valence-corrected chi connectivity index (χ1v) is 9.48. The number of hydrogen-bond donors (Lipinski definition) is 0. The average Bonchev–Trinajstić information content (AvgIpc) is 3.20. The highest BCUT2D eigenvalue weighted by molar-refractivity contribution is 5.98. The van der Waals surface area contributed by atoms with Crippen molar-refractivity contribution in [3.63, 3.8) is 0 Å². The van der Waals surface area contributed by atoms with Gasteiger partial charge in [0.1, 0.15) is 0 Å². The Morgan fingerprint density at radius 2 is 1.78 bits per heavy atom. The Bertz CT molecular complexity index is 847. The van der Waals surface area contributed by atoms with Gasteiger partial charge in [0, 0.05) is 31.2 Å². The molecule has 1 atom stereocenters. The predicted octanol–water partition coefficient (Wildman–Crippen LogP) is 3.06. The highest BCUT2D eigenvalue weighted by atomic mass is 16.5. The molecule has 0 N–H and O–H groups in total. The number of amides is 1. The Morgan fingerprint density at radius 1 is 1.00 bits per heavy atom. The topological polar surface area (TPSA) is 49.9 Å². The largest absolute Gasteiger partial charge is 0.465 e.